The maximum absolute atomic E-state index is 11.7. The van der Waals surface area contributed by atoms with Crippen LogP contribution in [0.2, 0.25) is 0 Å². The Balaban J connectivity index is 1.49. The van der Waals surface area contributed by atoms with E-state index in [1.807, 2.05) is 0 Å². The normalized spacial score (nSPS) is 17.6. The van der Waals surface area contributed by atoms with Crippen LogP contribution >= 0.6 is 0 Å². The van der Waals surface area contributed by atoms with Crippen LogP contribution in [0.5, 0.6) is 0 Å². The summed E-state index contributed by atoms with van der Waals surface area (Å²) in [4.78, 5) is 11.7. The number of urea groups is 1. The van der Waals surface area contributed by atoms with Crippen molar-refractivity contribution >= 4 is 11.7 Å². The number of para-hydroxylation sites is 1. The number of amides is 2. The fourth-order valence-electron chi connectivity index (χ4n) is 2.89. The molecule has 0 atom stereocenters. The van der Waals surface area contributed by atoms with Gasteiger partial charge in [0, 0.05) is 24.8 Å². The largest absolute Gasteiger partial charge is 0.385 e. The molecule has 0 spiro atoms. The van der Waals surface area contributed by atoms with Crippen LogP contribution in [0.25, 0.3) is 0 Å². The molecule has 3 N–H and O–H groups in total. The van der Waals surface area contributed by atoms with Crippen LogP contribution in [0.15, 0.2) is 18.2 Å². The molecule has 0 unspecified atom stereocenters. The molecule has 2 aliphatic rings. The number of aryl methyl sites for hydroxylation is 1. The fourth-order valence-corrected chi connectivity index (χ4v) is 2.89. The van der Waals surface area contributed by atoms with Crippen LogP contribution in [0.4, 0.5) is 10.5 Å². The summed E-state index contributed by atoms with van der Waals surface area (Å²) in [5.74, 6) is 0. The minimum absolute atomic E-state index is 0.0209. The Kier molecular flexibility index (Phi) is 4.09. The summed E-state index contributed by atoms with van der Waals surface area (Å²) >= 11 is 0. The fraction of sp³-hybridized carbons (Fsp3) is 0.562. The van der Waals surface area contributed by atoms with Crippen LogP contribution in [0, 0.1) is 0 Å². The molecular formula is C16H23N3O. The monoisotopic (exact) mass is 273 g/mol. The van der Waals surface area contributed by atoms with Gasteiger partial charge in [0.1, 0.15) is 0 Å². The molecule has 0 bridgehead atoms. The SMILES string of the molecule is O=C(NCCc1cccc2c1NCCC2)NC1CCC1. The van der Waals surface area contributed by atoms with Crippen molar-refractivity contribution in [2.45, 2.75) is 44.6 Å². The second kappa shape index (κ2) is 6.16. The molecule has 20 heavy (non-hydrogen) atoms. The lowest BCUT2D eigenvalue weighted by Crippen LogP contribution is -2.45. The number of nitrogens with one attached hydrogen (secondary N) is 3. The predicted molar refractivity (Wildman–Crippen MR) is 81.1 cm³/mol. The zero-order chi connectivity index (χ0) is 13.8. The molecule has 0 saturated heterocycles. The van der Waals surface area contributed by atoms with E-state index >= 15 is 0 Å². The Labute approximate surface area is 120 Å². The van der Waals surface area contributed by atoms with Crippen LogP contribution in [-0.4, -0.2) is 25.2 Å². The first-order chi connectivity index (χ1) is 9.83. The lowest BCUT2D eigenvalue weighted by Gasteiger charge is -2.26. The van der Waals surface area contributed by atoms with Gasteiger partial charge in [-0.15, -0.1) is 0 Å². The summed E-state index contributed by atoms with van der Waals surface area (Å²) in [6.07, 6.45) is 6.75. The first-order valence-electron chi connectivity index (χ1n) is 7.72. The highest BCUT2D eigenvalue weighted by molar-refractivity contribution is 5.74. The first kappa shape index (κ1) is 13.3. The number of rotatable bonds is 4. The van der Waals surface area contributed by atoms with Gasteiger partial charge in [-0.2, -0.15) is 0 Å². The average molecular weight is 273 g/mol. The van der Waals surface area contributed by atoms with Crippen molar-refractivity contribution < 1.29 is 4.79 Å². The van der Waals surface area contributed by atoms with E-state index in [2.05, 4.69) is 34.1 Å². The third-order valence-electron chi connectivity index (χ3n) is 4.28. The minimum atomic E-state index is -0.0209. The highest BCUT2D eigenvalue weighted by Crippen LogP contribution is 2.26. The van der Waals surface area contributed by atoms with Crippen molar-refractivity contribution in [2.24, 2.45) is 0 Å². The summed E-state index contributed by atoms with van der Waals surface area (Å²) in [6, 6.07) is 6.86. The molecule has 1 fully saturated rings. The van der Waals surface area contributed by atoms with Gasteiger partial charge in [0.25, 0.3) is 0 Å². The number of hydrogen-bond acceptors (Lipinski definition) is 2. The second-order valence-corrected chi connectivity index (χ2v) is 5.76. The first-order valence-corrected chi connectivity index (χ1v) is 7.72. The second-order valence-electron chi connectivity index (χ2n) is 5.76. The smallest absolute Gasteiger partial charge is 0.315 e. The average Bonchev–Trinajstić information content (AvgIpc) is 2.43. The minimum Gasteiger partial charge on any atom is -0.385 e. The maximum atomic E-state index is 11.7. The van der Waals surface area contributed by atoms with Crippen molar-refractivity contribution in [3.8, 4) is 0 Å². The van der Waals surface area contributed by atoms with Crippen LogP contribution < -0.4 is 16.0 Å². The number of carbonyl (C=O) groups is 1. The summed E-state index contributed by atoms with van der Waals surface area (Å²) in [5, 5.41) is 9.45. The number of hydrogen-bond donors (Lipinski definition) is 3. The highest BCUT2D eigenvalue weighted by Gasteiger charge is 2.19. The van der Waals surface area contributed by atoms with Crippen molar-refractivity contribution in [3.63, 3.8) is 0 Å². The molecule has 0 radical (unpaired) electrons. The van der Waals surface area contributed by atoms with Crippen molar-refractivity contribution in [1.82, 2.24) is 10.6 Å². The van der Waals surface area contributed by atoms with E-state index in [9.17, 15) is 4.79 Å². The molecule has 3 rings (SSSR count). The Hall–Kier alpha value is -1.71. The van der Waals surface area contributed by atoms with E-state index < -0.39 is 0 Å². The summed E-state index contributed by atoms with van der Waals surface area (Å²) in [5.41, 5.74) is 4.01. The van der Waals surface area contributed by atoms with Gasteiger partial charge >= 0.3 is 6.03 Å². The van der Waals surface area contributed by atoms with E-state index in [0.717, 1.165) is 32.2 Å². The van der Waals surface area contributed by atoms with Gasteiger partial charge in [-0.1, -0.05) is 18.2 Å². The predicted octanol–water partition coefficient (Wildman–Crippen LogP) is 2.44. The van der Waals surface area contributed by atoms with Gasteiger partial charge in [0.15, 0.2) is 0 Å². The zero-order valence-electron chi connectivity index (χ0n) is 11.9. The van der Waals surface area contributed by atoms with Crippen LogP contribution in [0.3, 0.4) is 0 Å². The molecule has 0 aromatic heterocycles. The number of anilines is 1. The molecule has 1 aromatic carbocycles. The number of fused-ring (bicyclic) bond motifs is 1. The highest BCUT2D eigenvalue weighted by atomic mass is 16.2. The summed E-state index contributed by atoms with van der Waals surface area (Å²) < 4.78 is 0. The topological polar surface area (TPSA) is 53.2 Å². The maximum Gasteiger partial charge on any atom is 0.315 e. The van der Waals surface area contributed by atoms with Crippen molar-refractivity contribution in [3.05, 3.63) is 29.3 Å². The van der Waals surface area contributed by atoms with Gasteiger partial charge in [0.05, 0.1) is 0 Å². The summed E-state index contributed by atoms with van der Waals surface area (Å²) in [6.45, 7) is 1.75. The van der Waals surface area contributed by atoms with E-state index in [4.69, 9.17) is 0 Å². The Morgan fingerprint density at radius 3 is 3.00 bits per heavy atom. The van der Waals surface area contributed by atoms with Gasteiger partial charge in [0.2, 0.25) is 0 Å². The molecule has 1 aliphatic heterocycles. The standard InChI is InChI=1S/C16H23N3O/c20-16(19-14-7-2-8-14)18-11-9-13-5-1-4-12-6-3-10-17-15(12)13/h1,4-5,14,17H,2-3,6-11H2,(H2,18,19,20). The van der Waals surface area contributed by atoms with E-state index in [1.165, 1.54) is 29.7 Å². The number of carbonyl (C=O) groups excluding carboxylic acids is 1. The van der Waals surface area contributed by atoms with E-state index in [0.29, 0.717) is 12.6 Å². The third-order valence-corrected chi connectivity index (χ3v) is 4.28. The molecule has 4 heteroatoms. The molecule has 4 nitrogen and oxygen atoms in total. The molecule has 1 aliphatic carbocycles. The molecule has 108 valence electrons. The summed E-state index contributed by atoms with van der Waals surface area (Å²) in [7, 11) is 0. The Morgan fingerprint density at radius 2 is 2.20 bits per heavy atom. The van der Waals surface area contributed by atoms with Gasteiger partial charge in [-0.3, -0.25) is 0 Å². The molecule has 1 saturated carbocycles. The molecule has 2 amide bonds. The van der Waals surface area contributed by atoms with Gasteiger partial charge in [-0.25, -0.2) is 4.79 Å². The zero-order valence-corrected chi connectivity index (χ0v) is 11.9. The van der Waals surface area contributed by atoms with Crippen molar-refractivity contribution in [1.29, 1.82) is 0 Å². The lowest BCUT2D eigenvalue weighted by atomic mass is 9.93. The van der Waals surface area contributed by atoms with E-state index in [1.54, 1.807) is 0 Å². The van der Waals surface area contributed by atoms with Crippen LogP contribution in [-0.2, 0) is 12.8 Å². The van der Waals surface area contributed by atoms with Crippen LogP contribution in [0.1, 0.15) is 36.8 Å². The number of benzene rings is 1. The molecule has 1 heterocycles. The third kappa shape index (κ3) is 3.06. The molecule has 1 aromatic rings. The Morgan fingerprint density at radius 1 is 1.30 bits per heavy atom. The van der Waals surface area contributed by atoms with Gasteiger partial charge < -0.3 is 16.0 Å². The Bertz CT molecular complexity index is 483. The van der Waals surface area contributed by atoms with Crippen molar-refractivity contribution in [2.75, 3.05) is 18.4 Å². The molecular weight excluding hydrogens is 250 g/mol. The lowest BCUT2D eigenvalue weighted by molar-refractivity contribution is 0.228. The quantitative estimate of drug-likeness (QED) is 0.789. The van der Waals surface area contributed by atoms with E-state index in [-0.39, 0.29) is 6.03 Å². The van der Waals surface area contributed by atoms with Gasteiger partial charge in [-0.05, 0) is 49.7 Å².